The number of halogens is 3. The van der Waals surface area contributed by atoms with Crippen LogP contribution in [0.15, 0.2) is 17.2 Å². The number of hydrogen-bond donors (Lipinski definition) is 1. The Morgan fingerprint density at radius 1 is 1.23 bits per heavy atom. The molecule has 9 heteroatoms. The largest absolute Gasteiger partial charge is 0.433 e. The van der Waals surface area contributed by atoms with E-state index in [1.54, 1.807) is 0 Å². The maximum absolute atomic E-state index is 12.8. The standard InChI is InChI=1S/C13H16F3N3O2S/c14-13(15,16)12-7-10(9-1-2-9)11(8-18-12)22(20,21)19-5-3-17-4-6-19/h7-9,17H,1-6H2. The van der Waals surface area contributed by atoms with Crippen molar-refractivity contribution >= 4 is 10.0 Å². The normalized spacial score (nSPS) is 21.0. The van der Waals surface area contributed by atoms with Crippen LogP contribution < -0.4 is 5.32 Å². The fourth-order valence-electron chi connectivity index (χ4n) is 2.57. The first-order valence-corrected chi connectivity index (χ1v) is 8.52. The van der Waals surface area contributed by atoms with Crippen molar-refractivity contribution in [2.24, 2.45) is 0 Å². The summed E-state index contributed by atoms with van der Waals surface area (Å²) in [6.45, 7) is 1.69. The molecule has 0 unspecified atom stereocenters. The second kappa shape index (κ2) is 5.47. The van der Waals surface area contributed by atoms with Crippen LogP contribution in [0.5, 0.6) is 0 Å². The summed E-state index contributed by atoms with van der Waals surface area (Å²) in [7, 11) is -3.80. The van der Waals surface area contributed by atoms with Crippen molar-refractivity contribution in [2.75, 3.05) is 26.2 Å². The van der Waals surface area contributed by atoms with Gasteiger partial charge in [-0.3, -0.25) is 4.98 Å². The van der Waals surface area contributed by atoms with E-state index in [0.29, 0.717) is 39.0 Å². The van der Waals surface area contributed by atoms with Crippen molar-refractivity contribution < 1.29 is 21.6 Å². The highest BCUT2D eigenvalue weighted by Crippen LogP contribution is 2.44. The van der Waals surface area contributed by atoms with E-state index >= 15 is 0 Å². The molecule has 1 saturated heterocycles. The summed E-state index contributed by atoms with van der Waals surface area (Å²) >= 11 is 0. The van der Waals surface area contributed by atoms with Crippen LogP contribution in [0.25, 0.3) is 0 Å². The maximum Gasteiger partial charge on any atom is 0.433 e. The number of nitrogens with one attached hydrogen (secondary N) is 1. The van der Waals surface area contributed by atoms with E-state index in [2.05, 4.69) is 10.3 Å². The number of nitrogens with zero attached hydrogens (tertiary/aromatic N) is 2. The minimum Gasteiger partial charge on any atom is -0.314 e. The van der Waals surface area contributed by atoms with Gasteiger partial charge in [-0.25, -0.2) is 8.42 Å². The lowest BCUT2D eigenvalue weighted by atomic mass is 10.1. The number of aromatic nitrogens is 1. The molecule has 1 aromatic heterocycles. The van der Waals surface area contributed by atoms with Crippen molar-refractivity contribution in [3.63, 3.8) is 0 Å². The first-order chi connectivity index (χ1) is 10.3. The van der Waals surface area contributed by atoms with Crippen LogP contribution in [0.1, 0.15) is 30.0 Å². The SMILES string of the molecule is O=S(=O)(c1cnc(C(F)(F)F)cc1C1CC1)N1CCNCC1. The van der Waals surface area contributed by atoms with Gasteiger partial charge in [-0.05, 0) is 30.4 Å². The molecule has 22 heavy (non-hydrogen) atoms. The van der Waals surface area contributed by atoms with E-state index in [-0.39, 0.29) is 16.4 Å². The number of pyridine rings is 1. The van der Waals surface area contributed by atoms with Crippen molar-refractivity contribution in [3.8, 4) is 0 Å². The lowest BCUT2D eigenvalue weighted by Gasteiger charge is -2.27. The topological polar surface area (TPSA) is 62.3 Å². The molecule has 2 aliphatic rings. The third-order valence-corrected chi connectivity index (χ3v) is 5.84. The molecule has 1 aromatic rings. The van der Waals surface area contributed by atoms with Gasteiger partial charge in [0.1, 0.15) is 10.6 Å². The van der Waals surface area contributed by atoms with Crippen molar-refractivity contribution in [1.29, 1.82) is 0 Å². The molecule has 0 bridgehead atoms. The molecule has 5 nitrogen and oxygen atoms in total. The molecular weight excluding hydrogens is 319 g/mol. The zero-order valence-electron chi connectivity index (χ0n) is 11.7. The number of piperazine rings is 1. The van der Waals surface area contributed by atoms with Crippen LogP contribution in [0.4, 0.5) is 13.2 Å². The number of sulfonamides is 1. The molecule has 3 rings (SSSR count). The molecule has 2 heterocycles. The van der Waals surface area contributed by atoms with E-state index in [1.807, 2.05) is 0 Å². The zero-order chi connectivity index (χ0) is 16.0. The second-order valence-corrected chi connectivity index (χ2v) is 7.44. The van der Waals surface area contributed by atoms with Crippen molar-refractivity contribution in [3.05, 3.63) is 23.5 Å². The lowest BCUT2D eigenvalue weighted by Crippen LogP contribution is -2.46. The highest BCUT2D eigenvalue weighted by atomic mass is 32.2. The Hall–Kier alpha value is -1.19. The van der Waals surface area contributed by atoms with Crippen molar-refractivity contribution in [1.82, 2.24) is 14.6 Å². The number of rotatable bonds is 3. The van der Waals surface area contributed by atoms with E-state index in [0.717, 1.165) is 12.3 Å². The first-order valence-electron chi connectivity index (χ1n) is 7.08. The summed E-state index contributed by atoms with van der Waals surface area (Å²) in [5, 5.41) is 3.05. The average molecular weight is 335 g/mol. The van der Waals surface area contributed by atoms with Gasteiger partial charge in [-0.15, -0.1) is 0 Å². The molecule has 0 aromatic carbocycles. The fraction of sp³-hybridized carbons (Fsp3) is 0.615. The molecule has 1 aliphatic carbocycles. The van der Waals surface area contributed by atoms with Crippen LogP contribution >= 0.6 is 0 Å². The van der Waals surface area contributed by atoms with Gasteiger partial charge < -0.3 is 5.32 Å². The Kier molecular flexibility index (Phi) is 3.90. The van der Waals surface area contributed by atoms with Gasteiger partial charge in [0.15, 0.2) is 0 Å². The van der Waals surface area contributed by atoms with Crippen LogP contribution in [0, 0.1) is 0 Å². The fourth-order valence-corrected chi connectivity index (χ4v) is 4.22. The molecule has 2 fully saturated rings. The minimum atomic E-state index is -4.57. The highest BCUT2D eigenvalue weighted by Gasteiger charge is 2.38. The van der Waals surface area contributed by atoms with Crippen molar-refractivity contribution in [2.45, 2.75) is 29.8 Å². The molecule has 0 spiro atoms. The van der Waals surface area contributed by atoms with Crippen LogP contribution in [0.3, 0.4) is 0 Å². The van der Waals surface area contributed by atoms with E-state index in [9.17, 15) is 21.6 Å². The van der Waals surface area contributed by atoms with Crippen LogP contribution in [-0.2, 0) is 16.2 Å². The summed E-state index contributed by atoms with van der Waals surface area (Å²) in [5.74, 6) is -0.114. The van der Waals surface area contributed by atoms with Crippen LogP contribution in [0.2, 0.25) is 0 Å². The molecule has 122 valence electrons. The Bertz CT molecular complexity index is 666. The molecule has 1 N–H and O–H groups in total. The van der Waals surface area contributed by atoms with Crippen LogP contribution in [-0.4, -0.2) is 43.9 Å². The third kappa shape index (κ3) is 2.97. The Morgan fingerprint density at radius 2 is 1.86 bits per heavy atom. The number of alkyl halides is 3. The quantitative estimate of drug-likeness (QED) is 0.911. The van der Waals surface area contributed by atoms with E-state index < -0.39 is 21.9 Å². The smallest absolute Gasteiger partial charge is 0.314 e. The molecule has 0 radical (unpaired) electrons. The van der Waals surface area contributed by atoms with Gasteiger partial charge >= 0.3 is 6.18 Å². The average Bonchev–Trinajstić information content (AvgIpc) is 3.31. The molecule has 0 amide bonds. The Morgan fingerprint density at radius 3 is 2.41 bits per heavy atom. The van der Waals surface area contributed by atoms with E-state index in [4.69, 9.17) is 0 Å². The van der Waals surface area contributed by atoms with Gasteiger partial charge in [0, 0.05) is 32.4 Å². The maximum atomic E-state index is 12.8. The summed E-state index contributed by atoms with van der Waals surface area (Å²) < 4.78 is 65.1. The van der Waals surface area contributed by atoms with Gasteiger partial charge in [0.25, 0.3) is 0 Å². The zero-order valence-corrected chi connectivity index (χ0v) is 12.5. The minimum absolute atomic E-state index is 0.0788. The Balaban J connectivity index is 2.02. The Labute approximate surface area is 126 Å². The number of hydrogen-bond acceptors (Lipinski definition) is 4. The molecule has 0 atom stereocenters. The first kappa shape index (κ1) is 15.7. The molecular formula is C13H16F3N3O2S. The molecule has 1 saturated carbocycles. The third-order valence-electron chi connectivity index (χ3n) is 3.90. The van der Waals surface area contributed by atoms with Gasteiger partial charge in [0.05, 0.1) is 0 Å². The predicted octanol–water partition coefficient (Wildman–Crippen LogP) is 1.57. The summed E-state index contributed by atoms with van der Waals surface area (Å²) in [6, 6.07) is 0.896. The van der Waals surface area contributed by atoms with Gasteiger partial charge in [-0.2, -0.15) is 17.5 Å². The summed E-state index contributed by atoms with van der Waals surface area (Å²) in [5.41, 5.74) is -0.783. The summed E-state index contributed by atoms with van der Waals surface area (Å²) in [6.07, 6.45) is -2.27. The summed E-state index contributed by atoms with van der Waals surface area (Å²) in [4.78, 5) is 3.26. The molecule has 1 aliphatic heterocycles. The predicted molar refractivity (Wildman–Crippen MR) is 72.8 cm³/mol. The van der Waals surface area contributed by atoms with Gasteiger partial charge in [-0.1, -0.05) is 0 Å². The van der Waals surface area contributed by atoms with Gasteiger partial charge in [0.2, 0.25) is 10.0 Å². The highest BCUT2D eigenvalue weighted by molar-refractivity contribution is 7.89. The van der Waals surface area contributed by atoms with E-state index in [1.165, 1.54) is 4.31 Å². The lowest BCUT2D eigenvalue weighted by molar-refractivity contribution is -0.141. The monoisotopic (exact) mass is 335 g/mol. The second-order valence-electron chi connectivity index (χ2n) is 5.53.